The summed E-state index contributed by atoms with van der Waals surface area (Å²) in [5.41, 5.74) is 0.939. The second-order valence-electron chi connectivity index (χ2n) is 10.4. The quantitative estimate of drug-likeness (QED) is 0.127. The molecule has 0 aliphatic carbocycles. The number of hydrogen-bond acceptors (Lipinski definition) is 9. The Morgan fingerprint density at radius 1 is 0.875 bits per heavy atom. The fourth-order valence-corrected chi connectivity index (χ4v) is 7.08. The van der Waals surface area contributed by atoms with Crippen LogP contribution in [0.25, 0.3) is 17.2 Å². The van der Waals surface area contributed by atoms with Crippen LogP contribution in [-0.2, 0) is 25.4 Å². The Hall–Kier alpha value is -4.27. The van der Waals surface area contributed by atoms with Gasteiger partial charge in [0.2, 0.25) is 0 Å². The van der Waals surface area contributed by atoms with Crippen molar-refractivity contribution in [3.63, 3.8) is 0 Å². The van der Waals surface area contributed by atoms with Crippen molar-refractivity contribution in [3.05, 3.63) is 107 Å². The van der Waals surface area contributed by atoms with E-state index in [0.29, 0.717) is 52.6 Å². The van der Waals surface area contributed by atoms with Crippen molar-refractivity contribution in [2.24, 2.45) is 14.1 Å². The Kier molecular flexibility index (Phi) is 9.33. The molecule has 0 saturated carbocycles. The summed E-state index contributed by atoms with van der Waals surface area (Å²) >= 11 is 25.5. The molecular weight excluding hydrogens is 721 g/mol. The van der Waals surface area contributed by atoms with Crippen LogP contribution in [0.1, 0.15) is 11.1 Å². The zero-order valence-corrected chi connectivity index (χ0v) is 29.5. The normalized spacial score (nSPS) is 14.0. The summed E-state index contributed by atoms with van der Waals surface area (Å²) in [4.78, 5) is 45.8. The van der Waals surface area contributed by atoms with E-state index in [1.165, 1.54) is 42.3 Å². The number of benzene rings is 3. The molecule has 1 aliphatic heterocycles. The Morgan fingerprint density at radius 3 is 2.29 bits per heavy atom. The van der Waals surface area contributed by atoms with Gasteiger partial charge in [-0.2, -0.15) is 4.98 Å². The molecule has 0 unspecified atom stereocenters. The van der Waals surface area contributed by atoms with Crippen molar-refractivity contribution in [2.75, 3.05) is 19.1 Å². The van der Waals surface area contributed by atoms with Crippen molar-refractivity contribution < 1.29 is 19.0 Å². The first kappa shape index (κ1) is 33.6. The first-order chi connectivity index (χ1) is 22.9. The van der Waals surface area contributed by atoms with Crippen LogP contribution in [0.2, 0.25) is 15.1 Å². The number of amides is 1. The van der Waals surface area contributed by atoms with Gasteiger partial charge in [-0.1, -0.05) is 70.9 Å². The van der Waals surface area contributed by atoms with E-state index in [4.69, 9.17) is 61.2 Å². The minimum atomic E-state index is -0.558. The van der Waals surface area contributed by atoms with Crippen molar-refractivity contribution >= 4 is 91.9 Å². The molecule has 3 heterocycles. The summed E-state index contributed by atoms with van der Waals surface area (Å²) in [6, 6.07) is 15.1. The van der Waals surface area contributed by atoms with Gasteiger partial charge in [-0.05, 0) is 59.7 Å². The van der Waals surface area contributed by atoms with Crippen LogP contribution >= 0.6 is 58.8 Å². The number of fused-ring (bicyclic) bond motifs is 1. The summed E-state index contributed by atoms with van der Waals surface area (Å²) in [7, 11) is 5.88. The number of methoxy groups -OCH3 is 2. The molecule has 5 aromatic rings. The van der Waals surface area contributed by atoms with Gasteiger partial charge in [-0.25, -0.2) is 4.79 Å². The molecule has 1 saturated heterocycles. The molecule has 0 radical (unpaired) electrons. The van der Waals surface area contributed by atoms with E-state index in [-0.39, 0.29) is 35.4 Å². The minimum absolute atomic E-state index is 0.0133. The highest BCUT2D eigenvalue weighted by Gasteiger charge is 2.34. The molecule has 0 atom stereocenters. The van der Waals surface area contributed by atoms with Gasteiger partial charge in [0.05, 0.1) is 36.4 Å². The number of hydrogen-bond donors (Lipinski definition) is 0. The average Bonchev–Trinajstić information content (AvgIpc) is 3.55. The molecule has 0 spiro atoms. The molecule has 11 nitrogen and oxygen atoms in total. The number of aromatic nitrogens is 4. The Labute approximate surface area is 297 Å². The van der Waals surface area contributed by atoms with E-state index in [9.17, 15) is 14.4 Å². The lowest BCUT2D eigenvalue weighted by atomic mass is 10.2. The maximum Gasteiger partial charge on any atom is 0.332 e. The standard InChI is InChI=1S/C32H24Cl3N5O6S2/c1-37-27-26(29(42)38(2)31(37)43)39(15-17-6-7-18(33)13-20(17)34)30(36-27)46-23-9-5-16(11-24(23)45-4)12-25-28(41)40(32(47)48-25)19-8-10-22(44-3)21(35)14-19/h5-14H,15H2,1-4H3. The van der Waals surface area contributed by atoms with Crippen molar-refractivity contribution in [2.45, 2.75) is 6.54 Å². The van der Waals surface area contributed by atoms with Gasteiger partial charge in [-0.15, -0.1) is 0 Å². The van der Waals surface area contributed by atoms with Crippen LogP contribution < -0.4 is 30.4 Å². The predicted octanol–water partition coefficient (Wildman–Crippen LogP) is 6.66. The number of aryl methyl sites for hydroxylation is 1. The summed E-state index contributed by atoms with van der Waals surface area (Å²) in [6.07, 6.45) is 1.69. The van der Waals surface area contributed by atoms with Crippen LogP contribution in [-0.4, -0.2) is 43.1 Å². The molecule has 1 amide bonds. The molecule has 246 valence electrons. The van der Waals surface area contributed by atoms with E-state index in [2.05, 4.69) is 4.98 Å². The van der Waals surface area contributed by atoms with Crippen molar-refractivity contribution in [1.29, 1.82) is 0 Å². The van der Waals surface area contributed by atoms with Gasteiger partial charge in [0.15, 0.2) is 27.0 Å². The van der Waals surface area contributed by atoms with Gasteiger partial charge < -0.3 is 14.2 Å². The van der Waals surface area contributed by atoms with Crippen LogP contribution in [0.5, 0.6) is 23.3 Å². The van der Waals surface area contributed by atoms with E-state index < -0.39 is 11.2 Å². The summed E-state index contributed by atoms with van der Waals surface area (Å²) in [6.45, 7) is 0.0803. The number of thioether (sulfide) groups is 1. The zero-order valence-electron chi connectivity index (χ0n) is 25.6. The number of imidazole rings is 1. The summed E-state index contributed by atoms with van der Waals surface area (Å²) in [5, 5.41) is 1.17. The summed E-state index contributed by atoms with van der Waals surface area (Å²) in [5.74, 6) is 0.737. The van der Waals surface area contributed by atoms with Crippen molar-refractivity contribution in [3.8, 4) is 23.3 Å². The topological polar surface area (TPSA) is 110 Å². The van der Waals surface area contributed by atoms with Crippen molar-refractivity contribution in [1.82, 2.24) is 18.7 Å². The third-order valence-electron chi connectivity index (χ3n) is 7.53. The second kappa shape index (κ2) is 13.3. The largest absolute Gasteiger partial charge is 0.495 e. The molecule has 16 heteroatoms. The molecule has 1 aliphatic rings. The molecule has 2 aromatic heterocycles. The van der Waals surface area contributed by atoms with Crippen LogP contribution in [0, 0.1) is 0 Å². The molecule has 3 aromatic carbocycles. The number of carbonyl (C=O) groups excluding carboxylic acids is 1. The first-order valence-electron chi connectivity index (χ1n) is 14.0. The predicted molar refractivity (Wildman–Crippen MR) is 193 cm³/mol. The van der Waals surface area contributed by atoms with E-state index in [1.54, 1.807) is 60.7 Å². The zero-order chi connectivity index (χ0) is 34.4. The first-order valence-corrected chi connectivity index (χ1v) is 16.3. The Balaban J connectivity index is 1.36. The fourth-order valence-electron chi connectivity index (χ4n) is 5.06. The van der Waals surface area contributed by atoms with Gasteiger partial charge in [-0.3, -0.25) is 28.2 Å². The number of carbonyl (C=O) groups is 1. The lowest BCUT2D eigenvalue weighted by molar-refractivity contribution is -0.113. The highest BCUT2D eigenvalue weighted by molar-refractivity contribution is 8.27. The fraction of sp³-hybridized carbons (Fsp3) is 0.156. The number of ether oxygens (including phenoxy) is 3. The highest BCUT2D eigenvalue weighted by Crippen LogP contribution is 2.40. The molecular formula is C32H24Cl3N5O6S2. The number of nitrogens with zero attached hydrogens (tertiary/aromatic N) is 5. The van der Waals surface area contributed by atoms with E-state index in [1.807, 2.05) is 0 Å². The molecule has 0 bridgehead atoms. The van der Waals surface area contributed by atoms with Gasteiger partial charge in [0.1, 0.15) is 5.75 Å². The van der Waals surface area contributed by atoms with E-state index in [0.717, 1.165) is 16.3 Å². The Morgan fingerprint density at radius 2 is 1.60 bits per heavy atom. The van der Waals surface area contributed by atoms with Crippen LogP contribution in [0.15, 0.2) is 69.1 Å². The smallest absolute Gasteiger partial charge is 0.332 e. The van der Waals surface area contributed by atoms with Gasteiger partial charge in [0.25, 0.3) is 11.5 Å². The van der Waals surface area contributed by atoms with Crippen LogP contribution in [0.4, 0.5) is 5.69 Å². The molecule has 6 rings (SSSR count). The molecule has 48 heavy (non-hydrogen) atoms. The minimum Gasteiger partial charge on any atom is -0.495 e. The van der Waals surface area contributed by atoms with Crippen LogP contribution in [0.3, 0.4) is 0 Å². The van der Waals surface area contributed by atoms with E-state index >= 15 is 0 Å². The number of rotatable bonds is 8. The summed E-state index contributed by atoms with van der Waals surface area (Å²) < 4.78 is 21.3. The lowest BCUT2D eigenvalue weighted by Gasteiger charge is -2.15. The maximum absolute atomic E-state index is 13.4. The maximum atomic E-state index is 13.4. The number of anilines is 1. The number of halogens is 3. The number of thiocarbonyl (C=S) groups is 1. The highest BCUT2D eigenvalue weighted by atomic mass is 35.5. The lowest BCUT2D eigenvalue weighted by Crippen LogP contribution is -2.37. The van der Waals surface area contributed by atoms with Gasteiger partial charge in [0, 0.05) is 24.1 Å². The molecule has 1 fully saturated rings. The third kappa shape index (κ3) is 6.08. The second-order valence-corrected chi connectivity index (χ2v) is 13.4. The average molecular weight is 745 g/mol. The SMILES string of the molecule is COc1ccc(N2C(=O)C(=Cc3ccc(Oc4nc5c(c(=O)n(C)c(=O)n5C)n4Cc4ccc(Cl)cc4Cl)c(OC)c3)SC2=S)cc1Cl. The monoisotopic (exact) mass is 743 g/mol. The third-order valence-corrected chi connectivity index (χ3v) is 9.71. The van der Waals surface area contributed by atoms with Gasteiger partial charge >= 0.3 is 11.7 Å². The molecule has 0 N–H and O–H groups in total. The Bertz CT molecular complexity index is 2320.